The van der Waals surface area contributed by atoms with E-state index in [1.54, 1.807) is 19.3 Å². The van der Waals surface area contributed by atoms with Crippen molar-refractivity contribution in [2.75, 3.05) is 0 Å². The normalized spacial score (nSPS) is 17.5. The van der Waals surface area contributed by atoms with Gasteiger partial charge in [-0.2, -0.15) is 15.6 Å². The van der Waals surface area contributed by atoms with Crippen LogP contribution in [0.5, 0.6) is 0 Å². The Morgan fingerprint density at radius 3 is 2.50 bits per heavy atom. The molecule has 0 aromatic heterocycles. The lowest BCUT2D eigenvalue weighted by Gasteiger charge is -2.21. The summed E-state index contributed by atoms with van der Waals surface area (Å²) >= 11 is 0. The van der Waals surface area contributed by atoms with Gasteiger partial charge in [-0.3, -0.25) is 10.4 Å². The van der Waals surface area contributed by atoms with Gasteiger partial charge in [0.25, 0.3) is 0 Å². The second kappa shape index (κ2) is 13.3. The van der Waals surface area contributed by atoms with Crippen LogP contribution in [0.15, 0.2) is 82.8 Å². The van der Waals surface area contributed by atoms with Crippen LogP contribution in [0.3, 0.4) is 0 Å². The van der Waals surface area contributed by atoms with Gasteiger partial charge < -0.3 is 5.32 Å². The van der Waals surface area contributed by atoms with Crippen LogP contribution in [0.1, 0.15) is 50.8 Å². The minimum atomic E-state index is 0.117. The second-order valence-corrected chi connectivity index (χ2v) is 6.59. The summed E-state index contributed by atoms with van der Waals surface area (Å²) in [7, 11) is 0. The van der Waals surface area contributed by atoms with Gasteiger partial charge in [0.1, 0.15) is 0 Å². The third-order valence-corrected chi connectivity index (χ3v) is 4.02. The van der Waals surface area contributed by atoms with Crippen molar-refractivity contribution in [1.29, 1.82) is 10.5 Å². The summed E-state index contributed by atoms with van der Waals surface area (Å²) in [6.45, 7) is 13.2. The molecule has 0 fully saturated rings. The zero-order valence-corrected chi connectivity index (χ0v) is 17.8. The SMILES string of the molecule is C=C(C)C#N.C=C(N[C@@H](CC)c1ccc(C#N)cc1)C1=N/C(C)=C/C=N\N/C=C\C1. The van der Waals surface area contributed by atoms with Gasteiger partial charge in [-0.15, -0.1) is 0 Å². The number of hydrazone groups is 1. The molecule has 154 valence electrons. The topological polar surface area (TPSA) is 96.4 Å². The Morgan fingerprint density at radius 1 is 1.27 bits per heavy atom. The lowest BCUT2D eigenvalue weighted by Crippen LogP contribution is -2.24. The zero-order valence-electron chi connectivity index (χ0n) is 17.8. The summed E-state index contributed by atoms with van der Waals surface area (Å²) in [6, 6.07) is 11.7. The maximum atomic E-state index is 8.94. The molecule has 1 aromatic carbocycles. The Balaban J connectivity index is 0.000000804. The van der Waals surface area contributed by atoms with E-state index in [1.165, 1.54) is 0 Å². The molecule has 1 aromatic rings. The quantitative estimate of drug-likeness (QED) is 0.677. The van der Waals surface area contributed by atoms with E-state index >= 15 is 0 Å². The first-order valence-electron chi connectivity index (χ1n) is 9.60. The van der Waals surface area contributed by atoms with E-state index in [1.807, 2.05) is 49.4 Å². The fourth-order valence-electron chi connectivity index (χ4n) is 2.45. The number of hydrogen-bond donors (Lipinski definition) is 2. The molecule has 0 bridgehead atoms. The monoisotopic (exact) mass is 400 g/mol. The van der Waals surface area contributed by atoms with Gasteiger partial charge >= 0.3 is 0 Å². The van der Waals surface area contributed by atoms with E-state index in [9.17, 15) is 0 Å². The van der Waals surface area contributed by atoms with Crippen molar-refractivity contribution < 1.29 is 0 Å². The molecule has 0 spiro atoms. The molecule has 1 aliphatic rings. The lowest BCUT2D eigenvalue weighted by atomic mass is 10.0. The van der Waals surface area contributed by atoms with E-state index in [0.717, 1.165) is 29.1 Å². The summed E-state index contributed by atoms with van der Waals surface area (Å²) < 4.78 is 0. The molecule has 6 heteroatoms. The van der Waals surface area contributed by atoms with Crippen molar-refractivity contribution in [1.82, 2.24) is 10.7 Å². The molecule has 0 saturated carbocycles. The van der Waals surface area contributed by atoms with Gasteiger partial charge in [0.15, 0.2) is 0 Å². The van der Waals surface area contributed by atoms with Gasteiger partial charge in [0.2, 0.25) is 0 Å². The molecule has 30 heavy (non-hydrogen) atoms. The molecule has 0 amide bonds. The Kier molecular flexibility index (Phi) is 10.7. The highest BCUT2D eigenvalue weighted by atomic mass is 15.3. The van der Waals surface area contributed by atoms with E-state index in [4.69, 9.17) is 10.5 Å². The highest BCUT2D eigenvalue weighted by Gasteiger charge is 2.13. The van der Waals surface area contributed by atoms with Gasteiger partial charge in [0, 0.05) is 35.8 Å². The van der Waals surface area contributed by atoms with Crippen LogP contribution >= 0.6 is 0 Å². The molecular formula is C24H28N6. The van der Waals surface area contributed by atoms with Crippen molar-refractivity contribution in [3.05, 3.63) is 83.9 Å². The van der Waals surface area contributed by atoms with E-state index in [0.29, 0.717) is 17.6 Å². The fourth-order valence-corrected chi connectivity index (χ4v) is 2.45. The zero-order chi connectivity index (χ0) is 22.4. The Morgan fingerprint density at radius 2 is 1.93 bits per heavy atom. The first-order chi connectivity index (χ1) is 14.4. The number of benzene rings is 1. The minimum absolute atomic E-state index is 0.117. The standard InChI is InChI=1S/C20H23N5.C4H5N/c1-4-19(18-9-7-17(14-21)8-10-18)25-16(3)20-6-5-12-22-23-13-11-15(2)24-20;1-4(2)3-5/h5,7-13,19,22,25H,3-4,6H2,1-2H3;1H2,2H3/b12-5-,15-11+,23-13-,24-20?;/t19-;/m0./s1. The number of nitriles is 2. The Bertz CT molecular complexity index is 933. The molecule has 0 aliphatic carbocycles. The summed E-state index contributed by atoms with van der Waals surface area (Å²) in [6.07, 6.45) is 8.82. The largest absolute Gasteiger partial charge is 0.377 e. The van der Waals surface area contributed by atoms with Gasteiger partial charge in [0.05, 0.1) is 29.5 Å². The highest BCUT2D eigenvalue weighted by molar-refractivity contribution is 6.00. The van der Waals surface area contributed by atoms with E-state index < -0.39 is 0 Å². The molecule has 6 nitrogen and oxygen atoms in total. The molecule has 0 unspecified atom stereocenters. The predicted octanol–water partition coefficient (Wildman–Crippen LogP) is 5.04. The molecule has 2 N–H and O–H groups in total. The Hall–Kier alpha value is -3.90. The third kappa shape index (κ3) is 8.86. The summed E-state index contributed by atoms with van der Waals surface area (Å²) in [4.78, 5) is 4.65. The molecule has 0 saturated heterocycles. The number of nitrogens with zero attached hydrogens (tertiary/aromatic N) is 4. The predicted molar refractivity (Wildman–Crippen MR) is 123 cm³/mol. The van der Waals surface area contributed by atoms with Crippen LogP contribution in [0, 0.1) is 22.7 Å². The third-order valence-electron chi connectivity index (χ3n) is 4.02. The second-order valence-electron chi connectivity index (χ2n) is 6.59. The highest BCUT2D eigenvalue weighted by Crippen LogP contribution is 2.19. The van der Waals surface area contributed by atoms with Crippen molar-refractivity contribution in [3.63, 3.8) is 0 Å². The van der Waals surface area contributed by atoms with E-state index in [-0.39, 0.29) is 6.04 Å². The van der Waals surface area contributed by atoms with Crippen LogP contribution in [0.4, 0.5) is 0 Å². The molecule has 1 atom stereocenters. The molecule has 1 aliphatic heterocycles. The number of aliphatic imine (C=N–C) groups is 1. The lowest BCUT2D eigenvalue weighted by molar-refractivity contribution is 0.592. The smallest absolute Gasteiger partial charge is 0.0991 e. The average Bonchev–Trinajstić information content (AvgIpc) is 2.76. The van der Waals surface area contributed by atoms with Crippen LogP contribution in [-0.2, 0) is 0 Å². The van der Waals surface area contributed by atoms with Crippen molar-refractivity contribution in [2.45, 2.75) is 39.7 Å². The number of rotatable bonds is 5. The maximum Gasteiger partial charge on any atom is 0.0991 e. The molecule has 2 rings (SSSR count). The average molecular weight is 401 g/mol. The van der Waals surface area contributed by atoms with Gasteiger partial charge in [-0.05, 0) is 44.0 Å². The van der Waals surface area contributed by atoms with Crippen LogP contribution < -0.4 is 10.7 Å². The number of hydrogen-bond acceptors (Lipinski definition) is 6. The summed E-state index contributed by atoms with van der Waals surface area (Å²) in [5.74, 6) is 0. The Labute approximate surface area is 179 Å². The first kappa shape index (κ1) is 24.1. The number of nitrogens with one attached hydrogen (secondary N) is 2. The first-order valence-corrected chi connectivity index (χ1v) is 9.60. The molecular weight excluding hydrogens is 372 g/mol. The van der Waals surface area contributed by atoms with E-state index in [2.05, 4.69) is 47.0 Å². The van der Waals surface area contributed by atoms with Gasteiger partial charge in [-0.25, -0.2) is 0 Å². The van der Waals surface area contributed by atoms with Crippen molar-refractivity contribution >= 4 is 11.9 Å². The van der Waals surface area contributed by atoms with Crippen LogP contribution in [-0.4, -0.2) is 11.9 Å². The molecule has 1 heterocycles. The van der Waals surface area contributed by atoms with Crippen molar-refractivity contribution in [3.8, 4) is 12.1 Å². The molecule has 0 radical (unpaired) electrons. The minimum Gasteiger partial charge on any atom is -0.377 e. The summed E-state index contributed by atoms with van der Waals surface area (Å²) in [5.41, 5.74) is 7.73. The van der Waals surface area contributed by atoms with Gasteiger partial charge in [-0.1, -0.05) is 38.3 Å². The fraction of sp³-hybridized carbons (Fsp3) is 0.250. The van der Waals surface area contributed by atoms with Crippen LogP contribution in [0.2, 0.25) is 0 Å². The summed E-state index contributed by atoms with van der Waals surface area (Å²) in [5, 5.41) is 24.2. The van der Waals surface area contributed by atoms with Crippen LogP contribution in [0.25, 0.3) is 0 Å². The number of allylic oxidation sites excluding steroid dienone is 5. The maximum absolute atomic E-state index is 8.94. The van der Waals surface area contributed by atoms with Crippen molar-refractivity contribution in [2.24, 2.45) is 10.1 Å².